The second-order valence-electron chi connectivity index (χ2n) is 5.47. The number of benzene rings is 1. The molecule has 1 heterocycles. The van der Waals surface area contributed by atoms with Gasteiger partial charge in [-0.1, -0.05) is 69.6 Å². The van der Waals surface area contributed by atoms with Crippen LogP contribution in [-0.2, 0) is 0 Å². The fourth-order valence-electron chi connectivity index (χ4n) is 1.61. The molecule has 0 amide bonds. The second kappa shape index (κ2) is 9.31. The van der Waals surface area contributed by atoms with Gasteiger partial charge in [0.1, 0.15) is 5.04 Å². The number of aliphatic imine (C=N–C) groups is 1. The van der Waals surface area contributed by atoms with E-state index in [2.05, 4.69) is 25.8 Å². The van der Waals surface area contributed by atoms with E-state index in [1.54, 1.807) is 36.3 Å². The average Bonchev–Trinajstić information content (AvgIpc) is 2.51. The Labute approximate surface area is 153 Å². The van der Waals surface area contributed by atoms with E-state index in [0.29, 0.717) is 15.7 Å². The van der Waals surface area contributed by atoms with Crippen LogP contribution in [-0.4, -0.2) is 14.8 Å². The molecule has 0 aliphatic rings. The Kier molecular flexibility index (Phi) is 8.10. The standard InChI is InChI=1S/C16H16Cl2N2S.C2H6/c1-16(2,3)21-15(11-5-4-8-19-10-11)20-14-7-6-12(17)9-13(14)18;1-2/h4-10H,1-3H3;1-2H3. The molecule has 2 rings (SSSR count). The van der Waals surface area contributed by atoms with Crippen molar-refractivity contribution in [2.24, 2.45) is 4.99 Å². The zero-order valence-electron chi connectivity index (χ0n) is 14.1. The van der Waals surface area contributed by atoms with Crippen LogP contribution in [0.25, 0.3) is 0 Å². The molecule has 2 nitrogen and oxygen atoms in total. The highest BCUT2D eigenvalue weighted by molar-refractivity contribution is 8.15. The molecule has 0 fully saturated rings. The molecule has 23 heavy (non-hydrogen) atoms. The lowest BCUT2D eigenvalue weighted by Crippen LogP contribution is -2.12. The Morgan fingerprint density at radius 2 is 1.83 bits per heavy atom. The molecule has 1 aromatic heterocycles. The van der Waals surface area contributed by atoms with Gasteiger partial charge in [-0.2, -0.15) is 0 Å². The number of halogens is 2. The molecule has 1 aromatic carbocycles. The van der Waals surface area contributed by atoms with Gasteiger partial charge in [-0.05, 0) is 30.3 Å². The number of hydrogen-bond acceptors (Lipinski definition) is 3. The van der Waals surface area contributed by atoms with Crippen molar-refractivity contribution in [3.63, 3.8) is 0 Å². The highest BCUT2D eigenvalue weighted by Gasteiger charge is 2.17. The van der Waals surface area contributed by atoms with Crippen molar-refractivity contribution in [3.05, 3.63) is 58.3 Å². The van der Waals surface area contributed by atoms with E-state index in [0.717, 1.165) is 10.6 Å². The summed E-state index contributed by atoms with van der Waals surface area (Å²) in [6, 6.07) is 9.20. The van der Waals surface area contributed by atoms with E-state index in [-0.39, 0.29) is 4.75 Å². The Hall–Kier alpha value is -1.03. The minimum Gasteiger partial charge on any atom is -0.264 e. The van der Waals surface area contributed by atoms with Crippen molar-refractivity contribution in [3.8, 4) is 0 Å². The summed E-state index contributed by atoms with van der Waals surface area (Å²) in [4.78, 5) is 8.87. The molecule has 0 aliphatic heterocycles. The van der Waals surface area contributed by atoms with E-state index in [4.69, 9.17) is 28.2 Å². The van der Waals surface area contributed by atoms with E-state index in [1.165, 1.54) is 0 Å². The molecule has 0 radical (unpaired) electrons. The van der Waals surface area contributed by atoms with Crippen LogP contribution in [0.15, 0.2) is 47.7 Å². The first kappa shape index (κ1) is 20.0. The van der Waals surface area contributed by atoms with Gasteiger partial charge in [0.15, 0.2) is 0 Å². The van der Waals surface area contributed by atoms with Crippen molar-refractivity contribution >= 4 is 45.7 Å². The summed E-state index contributed by atoms with van der Waals surface area (Å²) in [5.74, 6) is 0. The van der Waals surface area contributed by atoms with Gasteiger partial charge in [-0.25, -0.2) is 4.99 Å². The highest BCUT2D eigenvalue weighted by Crippen LogP contribution is 2.33. The summed E-state index contributed by atoms with van der Waals surface area (Å²) < 4.78 is 0.0353. The second-order valence-corrected chi connectivity index (χ2v) is 8.13. The van der Waals surface area contributed by atoms with Crippen molar-refractivity contribution in [1.82, 2.24) is 4.98 Å². The topological polar surface area (TPSA) is 25.2 Å². The van der Waals surface area contributed by atoms with Crippen LogP contribution in [0.4, 0.5) is 5.69 Å². The molecule has 2 aromatic rings. The summed E-state index contributed by atoms with van der Waals surface area (Å²) >= 11 is 13.8. The Bertz CT molecular complexity index is 650. The first-order chi connectivity index (χ1) is 10.8. The van der Waals surface area contributed by atoms with Crippen LogP contribution in [0.5, 0.6) is 0 Å². The van der Waals surface area contributed by atoms with Gasteiger partial charge in [0.05, 0.1) is 10.7 Å². The maximum Gasteiger partial charge on any atom is 0.106 e. The molecule has 0 atom stereocenters. The number of thioether (sulfide) groups is 1. The number of nitrogens with zero attached hydrogens (tertiary/aromatic N) is 2. The van der Waals surface area contributed by atoms with Crippen molar-refractivity contribution in [1.29, 1.82) is 0 Å². The average molecular weight is 369 g/mol. The van der Waals surface area contributed by atoms with Crippen LogP contribution >= 0.6 is 35.0 Å². The predicted octanol–water partition coefficient (Wildman–Crippen LogP) is 7.02. The van der Waals surface area contributed by atoms with Crippen molar-refractivity contribution in [2.75, 3.05) is 0 Å². The van der Waals surface area contributed by atoms with Gasteiger partial charge < -0.3 is 0 Å². The molecule has 0 N–H and O–H groups in total. The summed E-state index contributed by atoms with van der Waals surface area (Å²) in [6.07, 6.45) is 3.56. The number of rotatable bonds is 2. The van der Waals surface area contributed by atoms with Crippen LogP contribution in [0.1, 0.15) is 40.2 Å². The summed E-state index contributed by atoms with van der Waals surface area (Å²) in [6.45, 7) is 10.4. The monoisotopic (exact) mass is 368 g/mol. The Morgan fingerprint density at radius 1 is 1.13 bits per heavy atom. The van der Waals surface area contributed by atoms with E-state index >= 15 is 0 Å². The molecular formula is C18H22Cl2N2S. The van der Waals surface area contributed by atoms with Crippen LogP contribution in [0, 0.1) is 0 Å². The third kappa shape index (κ3) is 6.94. The zero-order chi connectivity index (χ0) is 17.5. The molecule has 0 unspecified atom stereocenters. The van der Waals surface area contributed by atoms with Crippen LogP contribution in [0.3, 0.4) is 0 Å². The number of hydrogen-bond donors (Lipinski definition) is 0. The minimum absolute atomic E-state index is 0.0353. The van der Waals surface area contributed by atoms with Gasteiger partial charge >= 0.3 is 0 Å². The normalized spacial score (nSPS) is 11.7. The Morgan fingerprint density at radius 3 is 2.35 bits per heavy atom. The van der Waals surface area contributed by atoms with E-state index in [1.807, 2.05) is 32.0 Å². The van der Waals surface area contributed by atoms with Crippen molar-refractivity contribution in [2.45, 2.75) is 39.4 Å². The molecular weight excluding hydrogens is 347 g/mol. The number of aromatic nitrogens is 1. The SMILES string of the molecule is CC.CC(C)(C)SC(=Nc1ccc(Cl)cc1Cl)c1cccnc1. The minimum atomic E-state index is 0.0353. The maximum absolute atomic E-state index is 6.22. The number of pyridine rings is 1. The lowest BCUT2D eigenvalue weighted by Gasteiger charge is -2.19. The molecule has 5 heteroatoms. The zero-order valence-corrected chi connectivity index (χ0v) is 16.4. The highest BCUT2D eigenvalue weighted by atomic mass is 35.5. The fourth-order valence-corrected chi connectivity index (χ4v) is 3.02. The van der Waals surface area contributed by atoms with Gasteiger partial charge in [-0.15, -0.1) is 0 Å². The molecule has 0 bridgehead atoms. The lowest BCUT2D eigenvalue weighted by molar-refractivity contribution is 0.809. The first-order valence-corrected chi connectivity index (χ1v) is 9.05. The molecule has 124 valence electrons. The molecule has 0 saturated carbocycles. The third-order valence-electron chi connectivity index (χ3n) is 2.44. The molecule has 0 aliphatic carbocycles. The predicted molar refractivity (Wildman–Crippen MR) is 106 cm³/mol. The first-order valence-electron chi connectivity index (χ1n) is 7.48. The summed E-state index contributed by atoms with van der Waals surface area (Å²) in [5.41, 5.74) is 1.68. The van der Waals surface area contributed by atoms with Gasteiger partial charge in [0, 0.05) is 27.7 Å². The molecule has 0 spiro atoms. The van der Waals surface area contributed by atoms with Gasteiger partial charge in [-0.3, -0.25) is 4.98 Å². The quantitative estimate of drug-likeness (QED) is 0.420. The summed E-state index contributed by atoms with van der Waals surface area (Å²) in [5, 5.41) is 2.03. The third-order valence-corrected chi connectivity index (χ3v) is 4.11. The van der Waals surface area contributed by atoms with Gasteiger partial charge in [0.2, 0.25) is 0 Å². The van der Waals surface area contributed by atoms with E-state index in [9.17, 15) is 0 Å². The lowest BCUT2D eigenvalue weighted by atomic mass is 10.2. The largest absolute Gasteiger partial charge is 0.264 e. The summed E-state index contributed by atoms with van der Waals surface area (Å²) in [7, 11) is 0. The van der Waals surface area contributed by atoms with Gasteiger partial charge in [0.25, 0.3) is 0 Å². The van der Waals surface area contributed by atoms with E-state index < -0.39 is 0 Å². The van der Waals surface area contributed by atoms with Crippen molar-refractivity contribution < 1.29 is 0 Å². The van der Waals surface area contributed by atoms with Crippen LogP contribution < -0.4 is 0 Å². The maximum atomic E-state index is 6.22. The smallest absolute Gasteiger partial charge is 0.106 e. The van der Waals surface area contributed by atoms with Crippen LogP contribution in [0.2, 0.25) is 10.0 Å². The molecule has 0 saturated heterocycles. The Balaban J connectivity index is 0.00000127. The fraction of sp³-hybridized carbons (Fsp3) is 0.333.